The van der Waals surface area contributed by atoms with Gasteiger partial charge in [0.15, 0.2) is 0 Å². The molecule has 0 atom stereocenters. The van der Waals surface area contributed by atoms with E-state index in [1.54, 1.807) is 26.8 Å². The summed E-state index contributed by atoms with van der Waals surface area (Å²) in [6, 6.07) is 3.24. The second kappa shape index (κ2) is 6.16. The van der Waals surface area contributed by atoms with E-state index in [2.05, 4.69) is 15.9 Å². The molecule has 0 saturated heterocycles. The maximum Gasteiger partial charge on any atom is 0.410 e. The fourth-order valence-corrected chi connectivity index (χ4v) is 2.63. The van der Waals surface area contributed by atoms with Crippen LogP contribution in [0.3, 0.4) is 0 Å². The van der Waals surface area contributed by atoms with Crippen molar-refractivity contribution in [2.45, 2.75) is 32.9 Å². The van der Waals surface area contributed by atoms with Crippen LogP contribution in [0, 0.1) is 0 Å². The predicted octanol–water partition coefficient (Wildman–Crippen LogP) is 3.28. The van der Waals surface area contributed by atoms with E-state index in [0.717, 1.165) is 0 Å². The van der Waals surface area contributed by atoms with E-state index in [0.29, 0.717) is 22.3 Å². The van der Waals surface area contributed by atoms with Gasteiger partial charge in [-0.25, -0.2) is 9.59 Å². The van der Waals surface area contributed by atoms with Crippen molar-refractivity contribution < 1.29 is 24.2 Å². The number of hydrogen-bond donors (Lipinski definition) is 1. The highest BCUT2D eigenvalue weighted by atomic mass is 79.9. The Balaban J connectivity index is 2.31. The fraction of sp³-hybridized carbons (Fsp3) is 0.467. The van der Waals surface area contributed by atoms with Gasteiger partial charge < -0.3 is 19.5 Å². The van der Waals surface area contributed by atoms with Gasteiger partial charge in [0.1, 0.15) is 23.5 Å². The Hall–Kier alpha value is -1.76. The van der Waals surface area contributed by atoms with E-state index in [-0.39, 0.29) is 18.7 Å². The molecule has 120 valence electrons. The van der Waals surface area contributed by atoms with Crippen LogP contribution in [0.4, 0.5) is 4.79 Å². The Morgan fingerprint density at radius 1 is 1.36 bits per heavy atom. The third kappa shape index (κ3) is 3.91. The molecule has 0 aliphatic carbocycles. The molecule has 0 spiro atoms. The maximum atomic E-state index is 12.2. The minimum atomic E-state index is -1.07. The number of amides is 1. The summed E-state index contributed by atoms with van der Waals surface area (Å²) >= 11 is 3.29. The van der Waals surface area contributed by atoms with Gasteiger partial charge in [0.05, 0.1) is 13.1 Å². The zero-order valence-electron chi connectivity index (χ0n) is 12.7. The summed E-state index contributed by atoms with van der Waals surface area (Å²) in [6.45, 7) is 6.18. The van der Waals surface area contributed by atoms with Gasteiger partial charge in [0, 0.05) is 10.0 Å². The first-order valence-corrected chi connectivity index (χ1v) is 7.63. The minimum Gasteiger partial charge on any atom is -0.490 e. The molecule has 0 radical (unpaired) electrons. The summed E-state index contributed by atoms with van der Waals surface area (Å²) in [5.74, 6) is -0.759. The summed E-state index contributed by atoms with van der Waals surface area (Å²) in [4.78, 5) is 25.0. The molecule has 1 N–H and O–H groups in total. The van der Waals surface area contributed by atoms with Gasteiger partial charge in [-0.1, -0.05) is 15.9 Å². The number of carbonyl (C=O) groups excluding carboxylic acids is 1. The molecule has 1 aromatic rings. The molecule has 0 saturated carbocycles. The molecule has 22 heavy (non-hydrogen) atoms. The molecule has 1 aliphatic heterocycles. The van der Waals surface area contributed by atoms with Crippen LogP contribution in [-0.4, -0.2) is 40.8 Å². The number of halogens is 1. The summed E-state index contributed by atoms with van der Waals surface area (Å²) in [7, 11) is 0. The quantitative estimate of drug-likeness (QED) is 0.819. The van der Waals surface area contributed by atoms with E-state index in [9.17, 15) is 14.7 Å². The number of ether oxygens (including phenoxy) is 2. The molecule has 7 heteroatoms. The zero-order valence-corrected chi connectivity index (χ0v) is 14.3. The lowest BCUT2D eigenvalue weighted by Gasteiger charge is -2.26. The number of aromatic carboxylic acids is 1. The Labute approximate surface area is 137 Å². The van der Waals surface area contributed by atoms with E-state index in [1.165, 1.54) is 11.0 Å². The largest absolute Gasteiger partial charge is 0.490 e. The van der Waals surface area contributed by atoms with Crippen LogP contribution < -0.4 is 4.74 Å². The third-order valence-electron chi connectivity index (χ3n) is 2.98. The van der Waals surface area contributed by atoms with Crippen LogP contribution in [0.5, 0.6) is 5.75 Å². The topological polar surface area (TPSA) is 76.1 Å². The van der Waals surface area contributed by atoms with Crippen LogP contribution in [0.25, 0.3) is 0 Å². The van der Waals surface area contributed by atoms with Gasteiger partial charge in [-0.05, 0) is 32.9 Å². The van der Waals surface area contributed by atoms with E-state index in [4.69, 9.17) is 9.47 Å². The summed E-state index contributed by atoms with van der Waals surface area (Å²) in [5, 5.41) is 9.28. The second-order valence-electron chi connectivity index (χ2n) is 6.00. The summed E-state index contributed by atoms with van der Waals surface area (Å²) < 4.78 is 11.5. The van der Waals surface area contributed by atoms with Crippen molar-refractivity contribution in [1.82, 2.24) is 4.90 Å². The molecule has 1 aliphatic rings. The Bertz CT molecular complexity index is 609. The first-order chi connectivity index (χ1) is 10.2. The molecular weight excluding hydrogens is 354 g/mol. The van der Waals surface area contributed by atoms with Crippen molar-refractivity contribution in [3.05, 3.63) is 27.7 Å². The van der Waals surface area contributed by atoms with Crippen molar-refractivity contribution >= 4 is 28.0 Å². The van der Waals surface area contributed by atoms with Gasteiger partial charge in [0.2, 0.25) is 0 Å². The molecular formula is C15H18BrNO5. The number of carbonyl (C=O) groups is 2. The Morgan fingerprint density at radius 2 is 2.05 bits per heavy atom. The highest BCUT2D eigenvalue weighted by Crippen LogP contribution is 2.31. The number of nitrogens with zero attached hydrogens (tertiary/aromatic N) is 1. The fourth-order valence-electron chi connectivity index (χ4n) is 2.12. The predicted molar refractivity (Wildman–Crippen MR) is 83.2 cm³/mol. The van der Waals surface area contributed by atoms with Gasteiger partial charge >= 0.3 is 12.1 Å². The molecule has 0 unspecified atom stereocenters. The van der Waals surface area contributed by atoms with Gasteiger partial charge in [-0.2, -0.15) is 0 Å². The van der Waals surface area contributed by atoms with Gasteiger partial charge in [0.25, 0.3) is 0 Å². The van der Waals surface area contributed by atoms with E-state index in [1.807, 2.05) is 0 Å². The maximum absolute atomic E-state index is 12.2. The highest BCUT2D eigenvalue weighted by molar-refractivity contribution is 9.10. The van der Waals surface area contributed by atoms with Crippen molar-refractivity contribution in [3.8, 4) is 5.75 Å². The van der Waals surface area contributed by atoms with Crippen LogP contribution in [0.2, 0.25) is 0 Å². The number of rotatable bonds is 1. The molecule has 1 amide bonds. The normalized spacial score (nSPS) is 14.6. The zero-order chi connectivity index (χ0) is 16.5. The molecule has 1 heterocycles. The van der Waals surface area contributed by atoms with Crippen molar-refractivity contribution in [3.63, 3.8) is 0 Å². The SMILES string of the molecule is CC(C)(C)OC(=O)N1CCOc2c(cc(Br)cc2C(=O)O)C1. The van der Waals surface area contributed by atoms with Gasteiger partial charge in [-0.3, -0.25) is 0 Å². The number of fused-ring (bicyclic) bond motifs is 1. The monoisotopic (exact) mass is 371 g/mol. The Kier molecular flexibility index (Phi) is 4.65. The molecule has 6 nitrogen and oxygen atoms in total. The standard InChI is InChI=1S/C15H18BrNO5/c1-15(2,3)22-14(20)17-4-5-21-12-9(8-17)6-10(16)7-11(12)13(18)19/h6-7H,4-5,8H2,1-3H3,(H,18,19). The van der Waals surface area contributed by atoms with Crippen LogP contribution in [-0.2, 0) is 11.3 Å². The average molecular weight is 372 g/mol. The van der Waals surface area contributed by atoms with Crippen molar-refractivity contribution in [2.24, 2.45) is 0 Å². The minimum absolute atomic E-state index is 0.0791. The lowest BCUT2D eigenvalue weighted by Crippen LogP contribution is -2.37. The van der Waals surface area contributed by atoms with Crippen LogP contribution in [0.1, 0.15) is 36.7 Å². The first-order valence-electron chi connectivity index (χ1n) is 6.84. The summed E-state index contributed by atoms with van der Waals surface area (Å²) in [5.41, 5.74) is 0.127. The smallest absolute Gasteiger partial charge is 0.410 e. The lowest BCUT2D eigenvalue weighted by atomic mass is 10.1. The highest BCUT2D eigenvalue weighted by Gasteiger charge is 2.27. The van der Waals surface area contributed by atoms with Gasteiger partial charge in [-0.15, -0.1) is 0 Å². The molecule has 0 fully saturated rings. The number of benzene rings is 1. The van der Waals surface area contributed by atoms with E-state index >= 15 is 0 Å². The van der Waals surface area contributed by atoms with Crippen LogP contribution >= 0.6 is 15.9 Å². The molecule has 0 aromatic heterocycles. The van der Waals surface area contributed by atoms with Crippen molar-refractivity contribution in [2.75, 3.05) is 13.2 Å². The number of carboxylic acids is 1. The van der Waals surface area contributed by atoms with E-state index < -0.39 is 17.7 Å². The number of hydrogen-bond acceptors (Lipinski definition) is 4. The Morgan fingerprint density at radius 3 is 2.64 bits per heavy atom. The van der Waals surface area contributed by atoms with Crippen molar-refractivity contribution in [1.29, 1.82) is 0 Å². The van der Waals surface area contributed by atoms with Crippen LogP contribution in [0.15, 0.2) is 16.6 Å². The molecule has 2 rings (SSSR count). The lowest BCUT2D eigenvalue weighted by molar-refractivity contribution is 0.0225. The second-order valence-corrected chi connectivity index (χ2v) is 6.91. The average Bonchev–Trinajstić information content (AvgIpc) is 2.57. The first kappa shape index (κ1) is 16.6. The number of carboxylic acid groups (broad SMARTS) is 1. The molecule has 1 aromatic carbocycles. The summed E-state index contributed by atoms with van der Waals surface area (Å²) in [6.07, 6.45) is -0.444. The molecule has 0 bridgehead atoms. The third-order valence-corrected chi connectivity index (χ3v) is 3.44.